The van der Waals surface area contributed by atoms with E-state index in [2.05, 4.69) is 22.1 Å². The van der Waals surface area contributed by atoms with Crippen LogP contribution in [0.25, 0.3) is 27.9 Å². The van der Waals surface area contributed by atoms with Crippen molar-refractivity contribution in [3.8, 4) is 17.1 Å². The summed E-state index contributed by atoms with van der Waals surface area (Å²) in [5.41, 5.74) is 2.53. The zero-order chi connectivity index (χ0) is 17.2. The molecule has 0 saturated heterocycles. The number of hydrogen-bond donors (Lipinski definition) is 1. The highest BCUT2D eigenvalue weighted by Gasteiger charge is 2.16. The van der Waals surface area contributed by atoms with Gasteiger partial charge in [0.05, 0.1) is 12.6 Å². The van der Waals surface area contributed by atoms with Crippen LogP contribution in [0.1, 0.15) is 0 Å². The average Bonchev–Trinajstić information content (AvgIpc) is 3.12. The first-order valence-corrected chi connectivity index (χ1v) is 7.95. The predicted molar refractivity (Wildman–Crippen MR) is 99.0 cm³/mol. The third-order valence-corrected chi connectivity index (χ3v) is 3.98. The molecule has 0 amide bonds. The number of methoxy groups -OCH3 is 1. The molecule has 0 unspecified atom stereocenters. The number of benzene rings is 2. The molecular formula is C19H17N5O. The zero-order valence-corrected chi connectivity index (χ0v) is 13.8. The zero-order valence-electron chi connectivity index (χ0n) is 13.8. The molecule has 6 nitrogen and oxygen atoms in total. The van der Waals surface area contributed by atoms with Crippen molar-refractivity contribution in [2.24, 2.45) is 0 Å². The predicted octanol–water partition coefficient (Wildman–Crippen LogP) is 3.55. The van der Waals surface area contributed by atoms with E-state index in [-0.39, 0.29) is 0 Å². The van der Waals surface area contributed by atoms with Crippen molar-refractivity contribution < 1.29 is 4.74 Å². The van der Waals surface area contributed by atoms with Crippen LogP contribution in [0.15, 0.2) is 61.2 Å². The van der Waals surface area contributed by atoms with Gasteiger partial charge >= 0.3 is 0 Å². The Morgan fingerprint density at radius 3 is 2.88 bits per heavy atom. The lowest BCUT2D eigenvalue weighted by atomic mass is 10.2. The van der Waals surface area contributed by atoms with Gasteiger partial charge in [0.15, 0.2) is 11.5 Å². The summed E-state index contributed by atoms with van der Waals surface area (Å²) in [6.07, 6.45) is 1.79. The molecule has 25 heavy (non-hydrogen) atoms. The summed E-state index contributed by atoms with van der Waals surface area (Å²) in [6, 6.07) is 15.6. The molecule has 0 bridgehead atoms. The van der Waals surface area contributed by atoms with Gasteiger partial charge < -0.3 is 10.1 Å². The van der Waals surface area contributed by atoms with Crippen LogP contribution in [-0.4, -0.2) is 33.2 Å². The SMILES string of the molecule is C=CCNc1nc2ccccc2c2nnc(-c3cccc(OC)c3)n12. The highest BCUT2D eigenvalue weighted by molar-refractivity contribution is 5.93. The van der Waals surface area contributed by atoms with Crippen LogP contribution in [0.2, 0.25) is 0 Å². The minimum Gasteiger partial charge on any atom is -0.497 e. The molecule has 0 aliphatic carbocycles. The molecule has 0 atom stereocenters. The van der Waals surface area contributed by atoms with E-state index in [1.165, 1.54) is 0 Å². The maximum atomic E-state index is 5.33. The number of para-hydroxylation sites is 1. The number of hydrogen-bond acceptors (Lipinski definition) is 5. The second-order valence-electron chi connectivity index (χ2n) is 5.54. The Hall–Kier alpha value is -3.41. The largest absolute Gasteiger partial charge is 0.497 e. The van der Waals surface area contributed by atoms with Gasteiger partial charge in [-0.25, -0.2) is 9.38 Å². The smallest absolute Gasteiger partial charge is 0.211 e. The molecule has 0 aliphatic heterocycles. The second kappa shape index (κ2) is 6.24. The fraction of sp³-hybridized carbons (Fsp3) is 0.105. The minimum atomic E-state index is 0.593. The monoisotopic (exact) mass is 331 g/mol. The van der Waals surface area contributed by atoms with E-state index in [0.717, 1.165) is 27.9 Å². The van der Waals surface area contributed by atoms with Crippen LogP contribution < -0.4 is 10.1 Å². The molecule has 2 aromatic heterocycles. The number of nitrogens with zero attached hydrogens (tertiary/aromatic N) is 4. The molecule has 124 valence electrons. The Balaban J connectivity index is 2.02. The van der Waals surface area contributed by atoms with Gasteiger partial charge in [0.25, 0.3) is 0 Å². The lowest BCUT2D eigenvalue weighted by molar-refractivity contribution is 0.415. The summed E-state index contributed by atoms with van der Waals surface area (Å²) in [5.74, 6) is 2.15. The molecule has 4 aromatic rings. The van der Waals surface area contributed by atoms with Crippen molar-refractivity contribution in [1.29, 1.82) is 0 Å². The van der Waals surface area contributed by atoms with E-state index in [4.69, 9.17) is 9.72 Å². The quantitative estimate of drug-likeness (QED) is 0.567. The summed E-state index contributed by atoms with van der Waals surface area (Å²) < 4.78 is 7.26. The standard InChI is InChI=1S/C19H17N5O/c1-3-11-20-19-21-16-10-5-4-9-15(16)18-23-22-17(24(18)19)13-7-6-8-14(12-13)25-2/h3-10,12H,1,11H2,2H3,(H,20,21). The van der Waals surface area contributed by atoms with Crippen LogP contribution in [0.3, 0.4) is 0 Å². The van der Waals surface area contributed by atoms with Crippen molar-refractivity contribution in [1.82, 2.24) is 19.6 Å². The Kier molecular flexibility index (Phi) is 3.78. The van der Waals surface area contributed by atoms with Crippen molar-refractivity contribution in [2.45, 2.75) is 0 Å². The van der Waals surface area contributed by atoms with Crippen molar-refractivity contribution in [3.05, 3.63) is 61.2 Å². The van der Waals surface area contributed by atoms with Gasteiger partial charge in [-0.05, 0) is 24.3 Å². The van der Waals surface area contributed by atoms with Gasteiger partial charge in [-0.15, -0.1) is 16.8 Å². The topological polar surface area (TPSA) is 64.3 Å². The number of aromatic nitrogens is 4. The van der Waals surface area contributed by atoms with E-state index >= 15 is 0 Å². The van der Waals surface area contributed by atoms with E-state index in [1.54, 1.807) is 13.2 Å². The van der Waals surface area contributed by atoms with Gasteiger partial charge in [-0.3, -0.25) is 0 Å². The number of anilines is 1. The Morgan fingerprint density at radius 2 is 2.04 bits per heavy atom. The van der Waals surface area contributed by atoms with Crippen LogP contribution in [0.5, 0.6) is 5.75 Å². The van der Waals surface area contributed by atoms with Crippen LogP contribution in [-0.2, 0) is 0 Å². The first-order valence-electron chi connectivity index (χ1n) is 7.95. The summed E-state index contributed by atoms with van der Waals surface area (Å²) in [7, 11) is 1.65. The molecule has 6 heteroatoms. The molecule has 0 spiro atoms. The fourth-order valence-corrected chi connectivity index (χ4v) is 2.81. The van der Waals surface area contributed by atoms with E-state index in [1.807, 2.05) is 52.9 Å². The van der Waals surface area contributed by atoms with Crippen LogP contribution in [0, 0.1) is 0 Å². The van der Waals surface area contributed by atoms with Crippen molar-refractivity contribution >= 4 is 22.5 Å². The number of fused-ring (bicyclic) bond motifs is 3. The Bertz CT molecular complexity index is 1070. The van der Waals surface area contributed by atoms with Crippen LogP contribution >= 0.6 is 0 Å². The summed E-state index contributed by atoms with van der Waals surface area (Å²) >= 11 is 0. The first kappa shape index (κ1) is 15.1. The highest BCUT2D eigenvalue weighted by Crippen LogP contribution is 2.28. The summed E-state index contributed by atoms with van der Waals surface area (Å²) in [6.45, 7) is 4.36. The lowest BCUT2D eigenvalue weighted by Crippen LogP contribution is -2.07. The molecule has 4 rings (SSSR count). The molecule has 2 heterocycles. The maximum absolute atomic E-state index is 5.33. The summed E-state index contributed by atoms with van der Waals surface area (Å²) in [4.78, 5) is 4.73. The third-order valence-electron chi connectivity index (χ3n) is 3.98. The van der Waals surface area contributed by atoms with Gasteiger partial charge in [-0.2, -0.15) is 0 Å². The van der Waals surface area contributed by atoms with Crippen molar-refractivity contribution in [3.63, 3.8) is 0 Å². The Morgan fingerprint density at radius 1 is 1.16 bits per heavy atom. The number of rotatable bonds is 5. The number of ether oxygens (including phenoxy) is 1. The van der Waals surface area contributed by atoms with Gasteiger partial charge in [0, 0.05) is 17.5 Å². The molecule has 0 aliphatic rings. The fourth-order valence-electron chi connectivity index (χ4n) is 2.81. The highest BCUT2D eigenvalue weighted by atomic mass is 16.5. The molecule has 2 aromatic carbocycles. The van der Waals surface area contributed by atoms with Crippen LogP contribution in [0.4, 0.5) is 5.95 Å². The van der Waals surface area contributed by atoms with Gasteiger partial charge in [0.2, 0.25) is 5.95 Å². The van der Waals surface area contributed by atoms with Gasteiger partial charge in [0.1, 0.15) is 5.75 Å². The Labute approximate surface area is 144 Å². The van der Waals surface area contributed by atoms with Crippen molar-refractivity contribution in [2.75, 3.05) is 19.0 Å². The minimum absolute atomic E-state index is 0.593. The second-order valence-corrected chi connectivity index (χ2v) is 5.54. The normalized spacial score (nSPS) is 10.9. The number of nitrogens with one attached hydrogen (secondary N) is 1. The van der Waals surface area contributed by atoms with E-state index in [9.17, 15) is 0 Å². The molecule has 0 fully saturated rings. The first-order chi connectivity index (χ1) is 12.3. The molecule has 0 radical (unpaired) electrons. The molecule has 1 N–H and O–H groups in total. The van der Waals surface area contributed by atoms with E-state index in [0.29, 0.717) is 18.3 Å². The average molecular weight is 331 g/mol. The lowest BCUT2D eigenvalue weighted by Gasteiger charge is -2.10. The van der Waals surface area contributed by atoms with Gasteiger partial charge in [-0.1, -0.05) is 30.3 Å². The maximum Gasteiger partial charge on any atom is 0.211 e. The van der Waals surface area contributed by atoms with E-state index < -0.39 is 0 Å². The molecule has 0 saturated carbocycles. The molecular weight excluding hydrogens is 314 g/mol. The third kappa shape index (κ3) is 2.57. The summed E-state index contributed by atoms with van der Waals surface area (Å²) in [5, 5.41) is 13.1.